The number of fused-ring (bicyclic) bond motifs is 3. The van der Waals surface area contributed by atoms with Crippen molar-refractivity contribution in [2.24, 2.45) is 11.8 Å². The van der Waals surface area contributed by atoms with Gasteiger partial charge in [-0.25, -0.2) is 0 Å². The molecule has 3 fully saturated rings. The first-order valence-electron chi connectivity index (χ1n) is 6.05. The fourth-order valence-electron chi connectivity index (χ4n) is 4.20. The van der Waals surface area contributed by atoms with Crippen molar-refractivity contribution in [3.05, 3.63) is 0 Å². The number of rotatable bonds is 0. The molecule has 3 saturated heterocycles. The first-order valence-corrected chi connectivity index (χ1v) is 6.05. The monoisotopic (exact) mass is 323 g/mol. The normalized spacial score (nSPS) is 46.0. The molecule has 0 spiro atoms. The highest BCUT2D eigenvalue weighted by Gasteiger charge is 2.61. The molecule has 0 N–H and O–H groups in total. The van der Waals surface area contributed by atoms with E-state index in [2.05, 4.69) is 41.7 Å². The Morgan fingerprint density at radius 3 is 1.73 bits per heavy atom. The van der Waals surface area contributed by atoms with Gasteiger partial charge in [-0.15, -0.1) is 0 Å². The van der Waals surface area contributed by atoms with Crippen LogP contribution in [0.15, 0.2) is 0 Å². The molecule has 1 unspecified atom stereocenters. The van der Waals surface area contributed by atoms with Gasteiger partial charge in [-0.05, 0) is 33.6 Å². The van der Waals surface area contributed by atoms with Gasteiger partial charge in [0, 0.05) is 18.8 Å². The molecule has 3 aliphatic heterocycles. The van der Waals surface area contributed by atoms with Crippen LogP contribution in [0.4, 0.5) is 0 Å². The molecule has 3 rings (SSSR count). The van der Waals surface area contributed by atoms with E-state index in [0.29, 0.717) is 11.1 Å². The van der Waals surface area contributed by atoms with Crippen molar-refractivity contribution in [1.29, 1.82) is 0 Å². The average Bonchev–Trinajstić information content (AvgIpc) is 1.96. The fourth-order valence-corrected chi connectivity index (χ4v) is 4.20. The van der Waals surface area contributed by atoms with E-state index in [9.17, 15) is 0 Å². The van der Waals surface area contributed by atoms with E-state index in [1.54, 1.807) is 0 Å². The molecule has 2 bridgehead atoms. The molecule has 0 radical (unpaired) electrons. The maximum Gasteiger partial charge on any atom is 0.0940 e. The average molecular weight is 323 g/mol. The first kappa shape index (κ1) is 13.8. The fraction of sp³-hybridized carbons (Fsp3) is 1.00. The molecule has 1 atom stereocenters. The maximum atomic E-state index is 2.48. The van der Waals surface area contributed by atoms with Gasteiger partial charge in [0.15, 0.2) is 0 Å². The summed E-state index contributed by atoms with van der Waals surface area (Å²) < 4.78 is 1.28. The van der Waals surface area contributed by atoms with Crippen LogP contribution in [0.2, 0.25) is 0 Å². The van der Waals surface area contributed by atoms with Crippen LogP contribution in [0.25, 0.3) is 0 Å². The Hall–Kier alpha value is 0.690. The van der Waals surface area contributed by atoms with Gasteiger partial charge >= 0.3 is 0 Å². The second-order valence-corrected chi connectivity index (χ2v) is 7.14. The quantitative estimate of drug-likeness (QED) is 0.437. The summed E-state index contributed by atoms with van der Waals surface area (Å²) >= 11 is 0. The minimum Gasteiger partial charge on any atom is -1.00 e. The van der Waals surface area contributed by atoms with Gasteiger partial charge in [-0.1, -0.05) is 6.92 Å². The Balaban J connectivity index is 0.00000112. The predicted molar refractivity (Wildman–Crippen MR) is 61.1 cm³/mol. The zero-order valence-electron chi connectivity index (χ0n) is 11.1. The standard InChI is InChI=1S/C13H26N.HI/c1-10-9-14(6)12(2,3)7-11(10)8-13(14,4)5;/h10-11H,7-9H2,1-6H3;1H/q+1;/p-1. The lowest BCUT2D eigenvalue weighted by Gasteiger charge is -2.67. The van der Waals surface area contributed by atoms with Crippen LogP contribution in [0.5, 0.6) is 0 Å². The molecule has 90 valence electrons. The largest absolute Gasteiger partial charge is 1.00 e. The summed E-state index contributed by atoms with van der Waals surface area (Å²) in [7, 11) is 2.48. The van der Waals surface area contributed by atoms with Gasteiger partial charge in [0.25, 0.3) is 0 Å². The van der Waals surface area contributed by atoms with Crippen molar-refractivity contribution in [2.75, 3.05) is 13.6 Å². The summed E-state index contributed by atoms with van der Waals surface area (Å²) in [5, 5.41) is 0. The number of hydrogen-bond acceptors (Lipinski definition) is 0. The molecule has 0 aromatic carbocycles. The third-order valence-corrected chi connectivity index (χ3v) is 5.65. The summed E-state index contributed by atoms with van der Waals surface area (Å²) in [6, 6.07) is 0. The van der Waals surface area contributed by atoms with Crippen molar-refractivity contribution in [1.82, 2.24) is 0 Å². The highest BCUT2D eigenvalue weighted by molar-refractivity contribution is 4.96. The summed E-state index contributed by atoms with van der Waals surface area (Å²) in [4.78, 5) is 0. The molecule has 0 aromatic rings. The molecule has 15 heavy (non-hydrogen) atoms. The third-order valence-electron chi connectivity index (χ3n) is 5.65. The van der Waals surface area contributed by atoms with E-state index in [1.165, 1.54) is 23.9 Å². The first-order chi connectivity index (χ1) is 6.20. The zero-order chi connectivity index (χ0) is 10.8. The number of piperidine rings is 3. The van der Waals surface area contributed by atoms with Crippen molar-refractivity contribution in [3.8, 4) is 0 Å². The highest BCUT2D eigenvalue weighted by Crippen LogP contribution is 2.54. The molecule has 1 nitrogen and oxygen atoms in total. The lowest BCUT2D eigenvalue weighted by atomic mass is 9.62. The number of halogens is 1. The van der Waals surface area contributed by atoms with Gasteiger partial charge < -0.3 is 28.5 Å². The lowest BCUT2D eigenvalue weighted by molar-refractivity contribution is -1.02. The Labute approximate surface area is 112 Å². The number of hydrogen-bond donors (Lipinski definition) is 0. The molecule has 0 aliphatic carbocycles. The number of quaternary nitrogens is 1. The predicted octanol–water partition coefficient (Wildman–Crippen LogP) is 0.0539. The minimum absolute atomic E-state index is 0. The van der Waals surface area contributed by atoms with Crippen LogP contribution in [0.1, 0.15) is 47.5 Å². The topological polar surface area (TPSA) is 0 Å². The number of nitrogens with zero attached hydrogens (tertiary/aromatic N) is 1. The Morgan fingerprint density at radius 1 is 1.00 bits per heavy atom. The van der Waals surface area contributed by atoms with E-state index in [4.69, 9.17) is 0 Å². The summed E-state index contributed by atoms with van der Waals surface area (Å²) in [5.74, 6) is 1.90. The third kappa shape index (κ3) is 1.67. The summed E-state index contributed by atoms with van der Waals surface area (Å²) in [5.41, 5.74) is 0.970. The molecule has 0 saturated carbocycles. The Morgan fingerprint density at radius 2 is 1.40 bits per heavy atom. The molecule has 0 amide bonds. The van der Waals surface area contributed by atoms with E-state index in [-0.39, 0.29) is 24.0 Å². The minimum atomic E-state index is 0. The molecule has 3 aliphatic rings. The van der Waals surface area contributed by atoms with E-state index in [1.807, 2.05) is 0 Å². The van der Waals surface area contributed by atoms with E-state index in [0.717, 1.165) is 11.8 Å². The molecule has 3 heterocycles. The van der Waals surface area contributed by atoms with Crippen molar-refractivity contribution in [3.63, 3.8) is 0 Å². The van der Waals surface area contributed by atoms with Crippen molar-refractivity contribution < 1.29 is 28.5 Å². The van der Waals surface area contributed by atoms with E-state index < -0.39 is 0 Å². The smallest absolute Gasteiger partial charge is 0.0940 e. The Bertz CT molecular complexity index is 239. The van der Waals surface area contributed by atoms with Crippen LogP contribution in [-0.4, -0.2) is 29.2 Å². The summed E-state index contributed by atoms with van der Waals surface area (Å²) in [6.07, 6.45) is 2.85. The van der Waals surface area contributed by atoms with Gasteiger partial charge in [0.2, 0.25) is 0 Å². The zero-order valence-corrected chi connectivity index (χ0v) is 13.3. The molecule has 0 aromatic heterocycles. The van der Waals surface area contributed by atoms with Gasteiger partial charge in [-0.2, -0.15) is 0 Å². The van der Waals surface area contributed by atoms with Gasteiger partial charge in [0.05, 0.1) is 24.7 Å². The summed E-state index contributed by atoms with van der Waals surface area (Å²) in [6.45, 7) is 13.7. The van der Waals surface area contributed by atoms with Crippen LogP contribution in [0.3, 0.4) is 0 Å². The van der Waals surface area contributed by atoms with Crippen LogP contribution < -0.4 is 24.0 Å². The highest BCUT2D eigenvalue weighted by atomic mass is 127. The molecule has 2 heteroatoms. The molecular formula is C13H26IN. The second kappa shape index (κ2) is 3.59. The van der Waals surface area contributed by atoms with Gasteiger partial charge in [0.1, 0.15) is 0 Å². The maximum absolute atomic E-state index is 2.48. The van der Waals surface area contributed by atoms with E-state index >= 15 is 0 Å². The van der Waals surface area contributed by atoms with Crippen LogP contribution in [0, 0.1) is 11.8 Å². The van der Waals surface area contributed by atoms with Crippen molar-refractivity contribution in [2.45, 2.75) is 58.5 Å². The van der Waals surface area contributed by atoms with Crippen LogP contribution in [-0.2, 0) is 0 Å². The Kier molecular flexibility index (Phi) is 3.29. The molecular weight excluding hydrogens is 297 g/mol. The lowest BCUT2D eigenvalue weighted by Crippen LogP contribution is -3.00. The van der Waals surface area contributed by atoms with Gasteiger partial charge in [-0.3, -0.25) is 0 Å². The second-order valence-electron chi connectivity index (χ2n) is 7.14. The SMILES string of the molecule is CC1C[N+]2(C)C(C)(C)CC1CC2(C)C.[I-]. The van der Waals surface area contributed by atoms with Crippen LogP contribution >= 0.6 is 0 Å². The van der Waals surface area contributed by atoms with Crippen molar-refractivity contribution >= 4 is 0 Å².